The Bertz CT molecular complexity index is 4480. The summed E-state index contributed by atoms with van der Waals surface area (Å²) in [6, 6.07) is 83.5. The molecule has 0 spiro atoms. The highest BCUT2D eigenvalue weighted by Gasteiger charge is 2.24. The van der Waals surface area contributed by atoms with Gasteiger partial charge in [0.05, 0.1) is 44.1 Å². The van der Waals surface area contributed by atoms with E-state index in [4.69, 9.17) is 15.0 Å². The lowest BCUT2D eigenvalue weighted by molar-refractivity contribution is 0.925. The van der Waals surface area contributed by atoms with Gasteiger partial charge in [-0.15, -0.1) is 11.3 Å². The molecule has 10 aromatic carbocycles. The molecule has 7 heteroatoms. The fraction of sp³-hybridized carbons (Fsp3) is 0.0154. The molecular weight excluding hydrogens is 897 g/mol. The molecule has 72 heavy (non-hydrogen) atoms. The number of aromatic nitrogens is 5. The van der Waals surface area contributed by atoms with Crippen molar-refractivity contribution in [1.29, 1.82) is 5.26 Å². The van der Waals surface area contributed by atoms with Gasteiger partial charge >= 0.3 is 0 Å². The van der Waals surface area contributed by atoms with Gasteiger partial charge < -0.3 is 9.13 Å². The van der Waals surface area contributed by atoms with Crippen molar-refractivity contribution in [3.63, 3.8) is 0 Å². The molecule has 0 fully saturated rings. The maximum atomic E-state index is 10.5. The van der Waals surface area contributed by atoms with E-state index in [-0.39, 0.29) is 0 Å². The summed E-state index contributed by atoms with van der Waals surface area (Å²) in [5, 5.41) is 17.7. The minimum Gasteiger partial charge on any atom is -0.308 e. The van der Waals surface area contributed by atoms with E-state index in [2.05, 4.69) is 215 Å². The lowest BCUT2D eigenvalue weighted by Gasteiger charge is -2.16. The van der Waals surface area contributed by atoms with Crippen LogP contribution in [0.5, 0.6) is 0 Å². The lowest BCUT2D eigenvalue weighted by atomic mass is 9.99. The van der Waals surface area contributed by atoms with Crippen LogP contribution in [0.15, 0.2) is 231 Å². The summed E-state index contributed by atoms with van der Waals surface area (Å²) >= 11 is 1.85. The first-order valence-electron chi connectivity index (χ1n) is 24.1. The molecule has 4 heterocycles. The van der Waals surface area contributed by atoms with Gasteiger partial charge in [0, 0.05) is 60.3 Å². The van der Waals surface area contributed by atoms with Crippen LogP contribution in [0.3, 0.4) is 0 Å². The van der Waals surface area contributed by atoms with Crippen molar-refractivity contribution in [1.82, 2.24) is 24.1 Å². The van der Waals surface area contributed by atoms with Crippen molar-refractivity contribution in [3.8, 4) is 62.5 Å². The number of rotatable bonds is 8. The lowest BCUT2D eigenvalue weighted by Crippen LogP contribution is -2.07. The highest BCUT2D eigenvalue weighted by molar-refractivity contribution is 7.26. The number of nitriles is 1. The molecule has 0 amide bonds. The third-order valence-electron chi connectivity index (χ3n) is 14.1. The molecule has 0 saturated heterocycles. The molecule has 0 aliphatic rings. The van der Waals surface area contributed by atoms with Gasteiger partial charge in [0.2, 0.25) is 0 Å². The van der Waals surface area contributed by atoms with Gasteiger partial charge in [0.25, 0.3) is 0 Å². The molecule has 0 radical (unpaired) electrons. The SMILES string of the molecule is N#Cc1ccc(-n2c3ccccc3c3ccc4c(c5ccccc5n4-c4cccc5c4sc4ccccc45)c32)c(Cc2nc(-c3ccc(-c4ccccc4)cc3)nc(-c3ccccc3-c3ccccc3)n2)c1. The number of para-hydroxylation sites is 2. The van der Waals surface area contributed by atoms with Crippen LogP contribution in [-0.4, -0.2) is 24.1 Å². The third-order valence-corrected chi connectivity index (χ3v) is 15.3. The Hall–Kier alpha value is -9.48. The van der Waals surface area contributed by atoms with E-state index in [1.54, 1.807) is 0 Å². The standard InChI is InChI=1S/C65H40N6S/c66-40-41-30-36-54(46(38-41)39-60-67-64(45-33-31-43(32-34-45)42-16-3-1-4-17-42)69-65(68-60)52-23-8-7-20-47(52)44-18-5-2-6-19-44)71-55-26-12-9-21-48(55)50-35-37-57-61(62(50)71)53-24-10-13-27-56(53)70(57)58-28-15-25-51-49-22-11-14-29-59(49)72-63(51)58/h1-38H,39H2. The largest absolute Gasteiger partial charge is 0.308 e. The molecule has 14 rings (SSSR count). The summed E-state index contributed by atoms with van der Waals surface area (Å²) in [4.78, 5) is 15.8. The first-order valence-corrected chi connectivity index (χ1v) is 24.9. The third kappa shape index (κ3) is 6.73. The Morgan fingerprint density at radius 1 is 0.417 bits per heavy atom. The van der Waals surface area contributed by atoms with Crippen LogP contribution in [0, 0.1) is 11.3 Å². The molecule has 0 aliphatic carbocycles. The molecule has 0 bridgehead atoms. The molecule has 0 aliphatic heterocycles. The maximum absolute atomic E-state index is 10.5. The smallest absolute Gasteiger partial charge is 0.164 e. The van der Waals surface area contributed by atoms with Crippen molar-refractivity contribution in [2.45, 2.75) is 6.42 Å². The van der Waals surface area contributed by atoms with Gasteiger partial charge in [0.15, 0.2) is 11.6 Å². The molecule has 0 N–H and O–H groups in total. The van der Waals surface area contributed by atoms with E-state index in [1.807, 2.05) is 41.7 Å². The fourth-order valence-electron chi connectivity index (χ4n) is 10.9. The summed E-state index contributed by atoms with van der Waals surface area (Å²) in [5.41, 5.74) is 14.2. The summed E-state index contributed by atoms with van der Waals surface area (Å²) < 4.78 is 7.40. The van der Waals surface area contributed by atoms with E-state index < -0.39 is 0 Å². The summed E-state index contributed by atoms with van der Waals surface area (Å²) in [6.45, 7) is 0. The Labute approximate surface area is 418 Å². The molecule has 0 saturated carbocycles. The summed E-state index contributed by atoms with van der Waals surface area (Å²) in [7, 11) is 0. The highest BCUT2D eigenvalue weighted by atomic mass is 32.1. The second kappa shape index (κ2) is 16.9. The monoisotopic (exact) mass is 936 g/mol. The topological polar surface area (TPSA) is 72.3 Å². The number of thiophene rings is 1. The summed E-state index contributed by atoms with van der Waals surface area (Å²) in [6.07, 6.45) is 0.336. The molecular formula is C65H40N6S. The van der Waals surface area contributed by atoms with Crippen molar-refractivity contribution in [3.05, 3.63) is 247 Å². The van der Waals surface area contributed by atoms with Gasteiger partial charge in [-0.25, -0.2) is 15.0 Å². The van der Waals surface area contributed by atoms with Gasteiger partial charge in [-0.2, -0.15) is 5.26 Å². The van der Waals surface area contributed by atoms with Gasteiger partial charge in [0.1, 0.15) is 5.82 Å². The van der Waals surface area contributed by atoms with Crippen molar-refractivity contribution < 1.29 is 0 Å². The zero-order valence-corrected chi connectivity index (χ0v) is 39.6. The molecule has 14 aromatic rings. The van der Waals surface area contributed by atoms with E-state index in [9.17, 15) is 5.26 Å². The molecule has 336 valence electrons. The summed E-state index contributed by atoms with van der Waals surface area (Å²) in [5.74, 6) is 1.76. The van der Waals surface area contributed by atoms with E-state index in [1.165, 1.54) is 20.2 Å². The average molecular weight is 937 g/mol. The number of nitrogens with zero attached hydrogens (tertiary/aromatic N) is 6. The molecule has 0 unspecified atom stereocenters. The van der Waals surface area contributed by atoms with Crippen molar-refractivity contribution in [2.24, 2.45) is 0 Å². The van der Waals surface area contributed by atoms with Crippen LogP contribution in [0.2, 0.25) is 0 Å². The Kier molecular flexibility index (Phi) is 9.73. The van der Waals surface area contributed by atoms with Gasteiger partial charge in [-0.3, -0.25) is 0 Å². The molecule has 0 atom stereocenters. The van der Waals surface area contributed by atoms with Crippen LogP contribution in [0.4, 0.5) is 0 Å². The fourth-order valence-corrected chi connectivity index (χ4v) is 12.1. The van der Waals surface area contributed by atoms with Crippen LogP contribution in [0.25, 0.3) is 120 Å². The van der Waals surface area contributed by atoms with Gasteiger partial charge in [-0.1, -0.05) is 182 Å². The van der Waals surface area contributed by atoms with E-state index in [0.29, 0.717) is 29.5 Å². The van der Waals surface area contributed by atoms with Crippen molar-refractivity contribution in [2.75, 3.05) is 0 Å². The number of benzene rings is 10. The highest BCUT2D eigenvalue weighted by Crippen LogP contribution is 2.45. The number of fused-ring (bicyclic) bond motifs is 10. The molecule has 4 aromatic heterocycles. The van der Waals surface area contributed by atoms with Crippen LogP contribution < -0.4 is 0 Å². The first-order chi connectivity index (χ1) is 35.7. The van der Waals surface area contributed by atoms with Crippen LogP contribution in [-0.2, 0) is 6.42 Å². The zero-order chi connectivity index (χ0) is 47.7. The predicted molar refractivity (Wildman–Crippen MR) is 297 cm³/mol. The number of hydrogen-bond acceptors (Lipinski definition) is 5. The zero-order valence-electron chi connectivity index (χ0n) is 38.7. The second-order valence-electron chi connectivity index (χ2n) is 18.2. The minimum atomic E-state index is 0.336. The van der Waals surface area contributed by atoms with Crippen molar-refractivity contribution >= 4 is 75.1 Å². The quantitative estimate of drug-likeness (QED) is 0.152. The number of hydrogen-bond donors (Lipinski definition) is 0. The average Bonchev–Trinajstić information content (AvgIpc) is 4.11. The maximum Gasteiger partial charge on any atom is 0.164 e. The normalized spacial score (nSPS) is 11.7. The Morgan fingerprint density at radius 3 is 1.83 bits per heavy atom. The first kappa shape index (κ1) is 41.5. The van der Waals surface area contributed by atoms with E-state index >= 15 is 0 Å². The van der Waals surface area contributed by atoms with Crippen LogP contribution >= 0.6 is 11.3 Å². The molecule has 6 nitrogen and oxygen atoms in total. The Morgan fingerprint density at radius 2 is 1.04 bits per heavy atom. The minimum absolute atomic E-state index is 0.336. The van der Waals surface area contributed by atoms with Gasteiger partial charge in [-0.05, 0) is 76.3 Å². The Balaban J connectivity index is 0.997. The predicted octanol–water partition coefficient (Wildman–Crippen LogP) is 16.6. The van der Waals surface area contributed by atoms with Crippen LogP contribution in [0.1, 0.15) is 17.0 Å². The van der Waals surface area contributed by atoms with E-state index in [0.717, 1.165) is 93.9 Å². The second-order valence-corrected chi connectivity index (χ2v) is 19.3.